The van der Waals surface area contributed by atoms with Crippen molar-refractivity contribution in [2.75, 3.05) is 59.7 Å². The second kappa shape index (κ2) is 18.4. The third-order valence-corrected chi connectivity index (χ3v) is 16.0. The Hall–Kier alpha value is -4.52. The average molecular weight is 909 g/mol. The molecule has 17 nitrogen and oxygen atoms in total. The molecule has 6 aliphatic rings. The molecule has 1 aromatic heterocycles. The summed E-state index contributed by atoms with van der Waals surface area (Å²) in [6.45, 7) is 13.3. The van der Waals surface area contributed by atoms with Gasteiger partial charge in [0.2, 0.25) is 27.7 Å². The minimum atomic E-state index is -4.16. The minimum absolute atomic E-state index is 0.00943. The maximum Gasteiger partial charge on any atom is 0.408 e. The number of methoxy groups -OCH3 is 1. The molecule has 2 saturated heterocycles. The predicted octanol–water partition coefficient (Wildman–Crippen LogP) is 3.63. The molecule has 64 heavy (non-hydrogen) atoms. The Bertz CT molecular complexity index is 2220. The lowest BCUT2D eigenvalue weighted by Crippen LogP contribution is -2.60. The molecular weight excluding hydrogens is 845 g/mol. The van der Waals surface area contributed by atoms with E-state index in [1.54, 1.807) is 0 Å². The van der Waals surface area contributed by atoms with Gasteiger partial charge < -0.3 is 39.2 Å². The number of amides is 4. The van der Waals surface area contributed by atoms with Crippen molar-refractivity contribution in [3.63, 3.8) is 0 Å². The number of hydrogen-bond acceptors (Lipinski definition) is 13. The fraction of sp³-hybridized carbons (Fsp3) is 0.674. The van der Waals surface area contributed by atoms with Crippen LogP contribution in [-0.2, 0) is 45.0 Å². The Kier molecular flexibility index (Phi) is 13.2. The number of nitrogens with one attached hydrogen (secondary N) is 3. The van der Waals surface area contributed by atoms with Gasteiger partial charge in [0.25, 0.3) is 5.91 Å². The lowest BCUT2D eigenvalue weighted by Gasteiger charge is -2.35. The Balaban J connectivity index is 1.12. The van der Waals surface area contributed by atoms with Crippen LogP contribution in [0.15, 0.2) is 36.9 Å². The highest BCUT2D eigenvalue weighted by Crippen LogP contribution is 2.48. The molecule has 3 saturated carbocycles. The molecule has 3 aliphatic carbocycles. The SMILES string of the molecule is C=C[C@H]1C[C@]1(NC(=O)[C@@H]1C[C@@H]2CN1C(=O)[C@H](C(C)(C)C)NC(=O)O[C@@H]1C[C@H]1CCCCCc1c(nc3ccccc3c1OCCN1CCOCC1)O2)C(=O)NS(=O)(=O)C1(COC)CC1. The van der Waals surface area contributed by atoms with E-state index in [9.17, 15) is 27.6 Å². The van der Waals surface area contributed by atoms with Crippen LogP contribution in [0.2, 0.25) is 0 Å². The summed E-state index contributed by atoms with van der Waals surface area (Å²) in [7, 11) is -2.76. The van der Waals surface area contributed by atoms with Gasteiger partial charge in [-0.05, 0) is 68.4 Å². The molecule has 0 unspecified atom stereocenters. The van der Waals surface area contributed by atoms with Gasteiger partial charge in [-0.25, -0.2) is 18.2 Å². The standard InChI is InChI=1S/C46H64N6O11S/c1-6-30-26-46(30,42(55)50-64(57,58)45(16-17-45)28-59-5)49-39(53)35-25-31-27-52(35)41(54)38(44(2,3)4)48-43(56)63-36-24-29(36)12-8-7-9-14-33-37(61-23-20-51-18-21-60-22-19-51)32-13-10-11-15-34(32)47-40(33)62-31/h6,10-11,13,15,29-31,35-36,38H,1,7-9,12,14,16-28H2,2-5H3,(H,48,56)(H,49,53)(H,50,55)/t29-,30+,31-,35+,36-,38-,46-/m1/s1. The molecule has 3 aliphatic heterocycles. The maximum absolute atomic E-state index is 14.9. The smallest absolute Gasteiger partial charge is 0.408 e. The van der Waals surface area contributed by atoms with Crippen LogP contribution in [0.3, 0.4) is 0 Å². The van der Waals surface area contributed by atoms with Gasteiger partial charge in [-0.3, -0.25) is 24.0 Å². The van der Waals surface area contributed by atoms with Gasteiger partial charge in [0.1, 0.15) is 46.9 Å². The summed E-state index contributed by atoms with van der Waals surface area (Å²) >= 11 is 0. The summed E-state index contributed by atoms with van der Waals surface area (Å²) in [4.78, 5) is 65.8. The van der Waals surface area contributed by atoms with E-state index in [0.717, 1.165) is 56.1 Å². The number of rotatable bonds is 12. The molecule has 7 atom stereocenters. The van der Waals surface area contributed by atoms with Crippen molar-refractivity contribution < 1.29 is 51.3 Å². The third-order valence-electron chi connectivity index (χ3n) is 13.8. The van der Waals surface area contributed by atoms with Gasteiger partial charge in [0, 0.05) is 44.5 Å². The van der Waals surface area contributed by atoms with Gasteiger partial charge in [0.15, 0.2) is 0 Å². The number of para-hydroxylation sites is 1. The van der Waals surface area contributed by atoms with E-state index in [1.807, 2.05) is 45.0 Å². The number of aromatic nitrogens is 1. The molecule has 3 N–H and O–H groups in total. The minimum Gasteiger partial charge on any atom is -0.491 e. The summed E-state index contributed by atoms with van der Waals surface area (Å²) in [5, 5.41) is 6.55. The highest BCUT2D eigenvalue weighted by Gasteiger charge is 2.64. The normalized spacial score (nSPS) is 29.7. The summed E-state index contributed by atoms with van der Waals surface area (Å²) in [6.07, 6.45) is 5.55. The number of benzene rings is 1. The zero-order valence-corrected chi connectivity index (χ0v) is 38.3. The number of ether oxygens (including phenoxy) is 5. The number of fused-ring (bicyclic) bond motifs is 5. The van der Waals surface area contributed by atoms with Crippen LogP contribution < -0.4 is 24.8 Å². The number of pyridine rings is 1. The number of nitrogens with zero attached hydrogens (tertiary/aromatic N) is 3. The first kappa shape index (κ1) is 46.0. The fourth-order valence-electron chi connectivity index (χ4n) is 9.53. The van der Waals surface area contributed by atoms with Gasteiger partial charge in [-0.2, -0.15) is 0 Å². The second-order valence-electron chi connectivity index (χ2n) is 19.6. The van der Waals surface area contributed by atoms with Crippen LogP contribution >= 0.6 is 0 Å². The van der Waals surface area contributed by atoms with E-state index in [0.29, 0.717) is 62.8 Å². The maximum atomic E-state index is 14.9. The van der Waals surface area contributed by atoms with E-state index in [4.69, 9.17) is 28.7 Å². The summed E-state index contributed by atoms with van der Waals surface area (Å²) in [6, 6.07) is 5.47. The van der Waals surface area contributed by atoms with Crippen LogP contribution in [0.4, 0.5) is 4.79 Å². The number of carbonyl (C=O) groups is 4. The lowest BCUT2D eigenvalue weighted by atomic mass is 9.85. The first-order valence-corrected chi connectivity index (χ1v) is 24.4. The van der Waals surface area contributed by atoms with Crippen molar-refractivity contribution in [2.45, 2.75) is 120 Å². The molecule has 4 heterocycles. The van der Waals surface area contributed by atoms with Crippen LogP contribution in [-0.4, -0.2) is 141 Å². The van der Waals surface area contributed by atoms with Crippen molar-refractivity contribution in [1.82, 2.24) is 30.1 Å². The zero-order valence-electron chi connectivity index (χ0n) is 37.5. The molecular formula is C46H64N6O11S. The highest BCUT2D eigenvalue weighted by molar-refractivity contribution is 7.91. The first-order chi connectivity index (χ1) is 30.6. The third kappa shape index (κ3) is 9.70. The van der Waals surface area contributed by atoms with Gasteiger partial charge in [-0.1, -0.05) is 51.8 Å². The highest BCUT2D eigenvalue weighted by atomic mass is 32.2. The molecule has 5 fully saturated rings. The van der Waals surface area contributed by atoms with Crippen LogP contribution in [0.1, 0.15) is 84.1 Å². The van der Waals surface area contributed by atoms with Gasteiger partial charge in [0.05, 0.1) is 37.4 Å². The molecule has 2 bridgehead atoms. The number of alkyl carbamates (subject to hydrolysis) is 1. The molecule has 1 aromatic carbocycles. The van der Waals surface area contributed by atoms with Gasteiger partial charge in [-0.15, -0.1) is 6.58 Å². The average Bonchev–Trinajstić information content (AvgIpc) is 4.21. The number of carbonyl (C=O) groups excluding carboxylic acids is 4. The lowest BCUT2D eigenvalue weighted by molar-refractivity contribution is -0.142. The second-order valence-corrected chi connectivity index (χ2v) is 21.6. The Morgan fingerprint density at radius 1 is 1.08 bits per heavy atom. The molecule has 0 spiro atoms. The topological polar surface area (TPSA) is 204 Å². The number of morpholine rings is 1. The Morgan fingerprint density at radius 3 is 2.55 bits per heavy atom. The van der Waals surface area contributed by atoms with Crippen molar-refractivity contribution in [1.29, 1.82) is 0 Å². The zero-order chi connectivity index (χ0) is 45.4. The van der Waals surface area contributed by atoms with E-state index >= 15 is 0 Å². The van der Waals surface area contributed by atoms with Crippen LogP contribution in [0.5, 0.6) is 11.6 Å². The Morgan fingerprint density at radius 2 is 1.84 bits per heavy atom. The monoisotopic (exact) mass is 908 g/mol. The molecule has 2 aromatic rings. The molecule has 0 radical (unpaired) electrons. The molecule has 4 amide bonds. The Labute approximate surface area is 375 Å². The molecule has 8 rings (SSSR count). The summed E-state index contributed by atoms with van der Waals surface area (Å²) in [5.41, 5.74) is -0.959. The van der Waals surface area contributed by atoms with E-state index < -0.39 is 73.6 Å². The first-order valence-electron chi connectivity index (χ1n) is 22.9. The number of sulfonamides is 1. The quantitative estimate of drug-likeness (QED) is 0.261. The van der Waals surface area contributed by atoms with Crippen LogP contribution in [0, 0.1) is 17.3 Å². The van der Waals surface area contributed by atoms with Crippen molar-refractivity contribution in [2.24, 2.45) is 17.3 Å². The van der Waals surface area contributed by atoms with E-state index in [1.165, 1.54) is 18.1 Å². The molecule has 18 heteroatoms. The summed E-state index contributed by atoms with van der Waals surface area (Å²) in [5.74, 6) is -1.37. The van der Waals surface area contributed by atoms with Gasteiger partial charge >= 0.3 is 6.09 Å². The fourth-order valence-corrected chi connectivity index (χ4v) is 11.1. The van der Waals surface area contributed by atoms with Crippen molar-refractivity contribution >= 4 is 44.7 Å². The predicted molar refractivity (Wildman–Crippen MR) is 236 cm³/mol. The summed E-state index contributed by atoms with van der Waals surface area (Å²) < 4.78 is 58.1. The largest absolute Gasteiger partial charge is 0.491 e. The van der Waals surface area contributed by atoms with Crippen LogP contribution in [0.25, 0.3) is 10.9 Å². The molecule has 350 valence electrons. The van der Waals surface area contributed by atoms with E-state index in [-0.39, 0.29) is 38.0 Å². The van der Waals surface area contributed by atoms with Crippen molar-refractivity contribution in [3.8, 4) is 11.6 Å². The van der Waals surface area contributed by atoms with E-state index in [2.05, 4.69) is 26.8 Å². The van der Waals surface area contributed by atoms with Crippen molar-refractivity contribution in [3.05, 3.63) is 42.5 Å². The number of hydrogen-bond donors (Lipinski definition) is 3.